The third-order valence-corrected chi connectivity index (χ3v) is 5.03. The molecule has 0 aliphatic carbocycles. The number of aryl methyl sites for hydroxylation is 1. The van der Waals surface area contributed by atoms with Crippen molar-refractivity contribution in [2.24, 2.45) is 0 Å². The van der Waals surface area contributed by atoms with E-state index in [0.717, 1.165) is 31.4 Å². The minimum atomic E-state index is 0.0919. The van der Waals surface area contributed by atoms with E-state index in [4.69, 9.17) is 4.42 Å². The molecule has 1 atom stereocenters. The number of hydrogen-bond donors (Lipinski definition) is 1. The average molecular weight is 409 g/mol. The smallest absolute Gasteiger partial charge is 0.134 e. The van der Waals surface area contributed by atoms with Crippen LogP contribution in [0.1, 0.15) is 24.3 Å². The minimum absolute atomic E-state index is 0.0919. The minimum Gasteiger partial charge on any atom is -0.459 e. The van der Waals surface area contributed by atoms with Crippen LogP contribution in [0, 0.1) is 6.92 Å². The Morgan fingerprint density at radius 3 is 2.71 bits per heavy atom. The van der Waals surface area contributed by atoms with Gasteiger partial charge >= 0.3 is 0 Å². The molecule has 108 valence electrons. The molecule has 1 unspecified atom stereocenters. The Bertz CT molecular complexity index is 795. The highest BCUT2D eigenvalue weighted by atomic mass is 79.9. The summed E-state index contributed by atoms with van der Waals surface area (Å²) in [6.07, 6.45) is 0. The second-order valence-corrected chi connectivity index (χ2v) is 6.84. The van der Waals surface area contributed by atoms with E-state index in [-0.39, 0.29) is 6.04 Å². The summed E-state index contributed by atoms with van der Waals surface area (Å²) in [7, 11) is 0. The molecule has 1 aromatic heterocycles. The predicted molar refractivity (Wildman–Crippen MR) is 94.8 cm³/mol. The van der Waals surface area contributed by atoms with Crippen LogP contribution in [0.3, 0.4) is 0 Å². The summed E-state index contributed by atoms with van der Waals surface area (Å²) in [4.78, 5) is 0. The molecule has 0 bridgehead atoms. The Balaban J connectivity index is 1.89. The molecule has 3 aromatic rings. The highest BCUT2D eigenvalue weighted by molar-refractivity contribution is 9.11. The highest BCUT2D eigenvalue weighted by Crippen LogP contribution is 2.31. The average Bonchev–Trinajstić information content (AvgIpc) is 2.87. The Labute approximate surface area is 140 Å². The molecule has 3 rings (SSSR count). The van der Waals surface area contributed by atoms with Crippen molar-refractivity contribution in [3.8, 4) is 0 Å². The van der Waals surface area contributed by atoms with E-state index in [1.807, 2.05) is 18.2 Å². The number of fused-ring (bicyclic) bond motifs is 1. The van der Waals surface area contributed by atoms with Crippen molar-refractivity contribution in [3.05, 3.63) is 62.7 Å². The molecule has 0 aliphatic rings. The van der Waals surface area contributed by atoms with Gasteiger partial charge in [0, 0.05) is 20.0 Å². The molecular formula is C17H15Br2NO. The van der Waals surface area contributed by atoms with Crippen molar-refractivity contribution < 1.29 is 4.42 Å². The zero-order valence-electron chi connectivity index (χ0n) is 11.8. The van der Waals surface area contributed by atoms with E-state index >= 15 is 0 Å². The highest BCUT2D eigenvalue weighted by Gasteiger charge is 2.13. The van der Waals surface area contributed by atoms with E-state index in [1.54, 1.807) is 0 Å². The van der Waals surface area contributed by atoms with Gasteiger partial charge in [-0.25, -0.2) is 0 Å². The fraction of sp³-hybridized carbons (Fsp3) is 0.176. The third kappa shape index (κ3) is 3.01. The van der Waals surface area contributed by atoms with Crippen LogP contribution in [0.15, 0.2) is 55.8 Å². The van der Waals surface area contributed by atoms with Crippen LogP contribution < -0.4 is 5.32 Å². The van der Waals surface area contributed by atoms with Crippen molar-refractivity contribution >= 4 is 48.5 Å². The van der Waals surface area contributed by atoms with Crippen LogP contribution in [0.4, 0.5) is 5.69 Å². The summed E-state index contributed by atoms with van der Waals surface area (Å²) >= 11 is 7.11. The first-order chi connectivity index (χ1) is 10.0. The van der Waals surface area contributed by atoms with E-state index < -0.39 is 0 Å². The van der Waals surface area contributed by atoms with E-state index in [0.29, 0.717) is 0 Å². The molecule has 0 saturated heterocycles. The number of furan rings is 1. The van der Waals surface area contributed by atoms with E-state index in [1.165, 1.54) is 5.56 Å². The van der Waals surface area contributed by atoms with Crippen LogP contribution in [0.5, 0.6) is 0 Å². The molecule has 4 heteroatoms. The van der Waals surface area contributed by atoms with Gasteiger partial charge in [-0.05, 0) is 65.7 Å². The van der Waals surface area contributed by atoms with Crippen molar-refractivity contribution in [1.82, 2.24) is 0 Å². The molecule has 0 fully saturated rings. The van der Waals surface area contributed by atoms with Gasteiger partial charge in [-0.3, -0.25) is 0 Å². The third-order valence-electron chi connectivity index (χ3n) is 3.49. The molecular weight excluding hydrogens is 394 g/mol. The van der Waals surface area contributed by atoms with Gasteiger partial charge in [0.1, 0.15) is 11.3 Å². The number of hydrogen-bond acceptors (Lipinski definition) is 2. The second kappa shape index (κ2) is 5.85. The molecule has 0 radical (unpaired) electrons. The van der Waals surface area contributed by atoms with Crippen molar-refractivity contribution in [3.63, 3.8) is 0 Å². The topological polar surface area (TPSA) is 25.2 Å². The lowest BCUT2D eigenvalue weighted by Gasteiger charge is -2.15. The summed E-state index contributed by atoms with van der Waals surface area (Å²) in [5.74, 6) is 0.927. The maximum Gasteiger partial charge on any atom is 0.134 e. The van der Waals surface area contributed by atoms with Crippen LogP contribution in [0.2, 0.25) is 0 Å². The molecule has 0 amide bonds. The van der Waals surface area contributed by atoms with Gasteiger partial charge in [-0.15, -0.1) is 0 Å². The first-order valence-corrected chi connectivity index (χ1v) is 8.34. The van der Waals surface area contributed by atoms with Crippen LogP contribution in [-0.4, -0.2) is 0 Å². The number of nitrogens with one attached hydrogen (secondary N) is 1. The normalized spacial score (nSPS) is 12.6. The first-order valence-electron chi connectivity index (χ1n) is 6.75. The lowest BCUT2D eigenvalue weighted by atomic mass is 10.2. The second-order valence-electron chi connectivity index (χ2n) is 5.13. The van der Waals surface area contributed by atoms with Crippen molar-refractivity contribution in [1.29, 1.82) is 0 Å². The van der Waals surface area contributed by atoms with Crippen LogP contribution >= 0.6 is 31.9 Å². The van der Waals surface area contributed by atoms with Gasteiger partial charge in [-0.2, -0.15) is 0 Å². The van der Waals surface area contributed by atoms with Crippen molar-refractivity contribution in [2.45, 2.75) is 19.9 Å². The van der Waals surface area contributed by atoms with Gasteiger partial charge < -0.3 is 9.73 Å². The quantitative estimate of drug-likeness (QED) is 0.539. The Hall–Kier alpha value is -1.26. The van der Waals surface area contributed by atoms with E-state index in [2.05, 4.69) is 75.3 Å². The molecule has 0 aliphatic heterocycles. The summed E-state index contributed by atoms with van der Waals surface area (Å²) in [5.41, 5.74) is 3.19. The lowest BCUT2D eigenvalue weighted by molar-refractivity contribution is 0.526. The Kier molecular flexibility index (Phi) is 4.09. The fourth-order valence-corrected chi connectivity index (χ4v) is 3.07. The molecule has 0 spiro atoms. The number of anilines is 1. The zero-order chi connectivity index (χ0) is 15.0. The Morgan fingerprint density at radius 1 is 1.10 bits per heavy atom. The first kappa shape index (κ1) is 14.7. The molecule has 21 heavy (non-hydrogen) atoms. The summed E-state index contributed by atoms with van der Waals surface area (Å²) in [5, 5.41) is 4.60. The SMILES string of the molecule is Cc1cccc(NC(C)c2cc3cc(Br)ccc3o2)c1Br. The molecule has 2 aromatic carbocycles. The maximum atomic E-state index is 5.93. The molecule has 1 N–H and O–H groups in total. The standard InChI is InChI=1S/C17H15Br2NO/c1-10-4-3-5-14(17(10)19)20-11(2)16-9-12-8-13(18)6-7-15(12)21-16/h3-9,11,20H,1-2H3. The lowest BCUT2D eigenvalue weighted by Crippen LogP contribution is -2.06. The molecule has 0 saturated carbocycles. The van der Waals surface area contributed by atoms with Gasteiger partial charge in [0.15, 0.2) is 0 Å². The van der Waals surface area contributed by atoms with Gasteiger partial charge in [0.05, 0.1) is 6.04 Å². The van der Waals surface area contributed by atoms with Crippen LogP contribution in [0.25, 0.3) is 11.0 Å². The molecule has 2 nitrogen and oxygen atoms in total. The van der Waals surface area contributed by atoms with Gasteiger partial charge in [0.2, 0.25) is 0 Å². The maximum absolute atomic E-state index is 5.93. The number of halogens is 2. The fourth-order valence-electron chi connectivity index (χ4n) is 2.31. The Morgan fingerprint density at radius 2 is 1.90 bits per heavy atom. The number of benzene rings is 2. The predicted octanol–water partition coefficient (Wildman–Crippen LogP) is 6.44. The zero-order valence-corrected chi connectivity index (χ0v) is 15.0. The number of rotatable bonds is 3. The van der Waals surface area contributed by atoms with Crippen LogP contribution in [-0.2, 0) is 0 Å². The van der Waals surface area contributed by atoms with Gasteiger partial charge in [0.25, 0.3) is 0 Å². The summed E-state index contributed by atoms with van der Waals surface area (Å²) in [6, 6.07) is 14.4. The summed E-state index contributed by atoms with van der Waals surface area (Å²) in [6.45, 7) is 4.18. The molecule has 1 heterocycles. The monoisotopic (exact) mass is 407 g/mol. The summed E-state index contributed by atoms with van der Waals surface area (Å²) < 4.78 is 8.08. The van der Waals surface area contributed by atoms with E-state index in [9.17, 15) is 0 Å². The largest absolute Gasteiger partial charge is 0.459 e. The van der Waals surface area contributed by atoms with Crippen molar-refractivity contribution in [2.75, 3.05) is 5.32 Å². The van der Waals surface area contributed by atoms with Gasteiger partial charge in [-0.1, -0.05) is 28.1 Å².